The Morgan fingerprint density at radius 2 is 0.763 bits per heavy atom. The van der Waals surface area contributed by atoms with Gasteiger partial charge in [0.15, 0.2) is 0 Å². The largest absolute Gasteiger partial charge is 0.357 e. The molecule has 20 heteroatoms. The average Bonchev–Trinajstić information content (AvgIpc) is 1.71. The van der Waals surface area contributed by atoms with E-state index in [9.17, 15) is 0 Å². The second-order valence-electron chi connectivity index (χ2n) is 22.5. The fourth-order valence-electron chi connectivity index (χ4n) is 10.3. The van der Waals surface area contributed by atoms with E-state index in [1.807, 2.05) is 119 Å². The molecule has 0 aliphatic carbocycles. The van der Waals surface area contributed by atoms with Crippen LogP contribution >= 0.6 is 0 Å². The van der Waals surface area contributed by atoms with Crippen LogP contribution in [0.15, 0.2) is 158 Å². The predicted octanol–water partition coefficient (Wildman–Crippen LogP) is 15.3. The van der Waals surface area contributed by atoms with Gasteiger partial charge in [-0.1, -0.05) is 197 Å². The third-order valence-electron chi connectivity index (χ3n) is 14.5. The van der Waals surface area contributed by atoms with Crippen molar-refractivity contribution in [2.45, 2.75) is 134 Å². The zero-order chi connectivity index (χ0) is 63.0. The van der Waals surface area contributed by atoms with Crippen LogP contribution in [0.1, 0.15) is 138 Å². The molecule has 8 heterocycles. The molecular weight excluding hydrogens is 1870 g/mol. The Balaban J connectivity index is 0.000000222. The maximum atomic E-state index is 4.65. The fraction of sp³-hybridized carbons (Fsp3) is 0.288. The van der Waals surface area contributed by atoms with Crippen LogP contribution in [0.3, 0.4) is 0 Å². The Kier molecular flexibility index (Phi) is 30.3. The number of rotatable bonds is 16. The standard InChI is InChI=1S/2C19H21N4.C18H19N4.C17H17N4.4Ir/c1-4-17-16(11-8-12-20-17)19-22-21-18(13-14(2)3)23(19)15-9-6-5-7-10-15;1-4-9-18-21-22-19(23(18)15-10-7-6-8-11-15)16-13-12-14(3)20-17(16)5-2;1-12(2)17-20-21-18(16-11-10-13(3)19-14(16)4)22(17)15-8-6-5-7-9-15;1-12(2)16-19-20-17(15-10-7-11-18-13(15)3)21(16)14-8-5-4-6-9-14;;;;/h5-10,12,14H,4,13H2,1-3H3;6-8,10-12H,4-5,9H2,1-3H3;5-10,12H,1-4H3;4-9,11-12H,1-3H3;;;;/q4*-1;;;;. The van der Waals surface area contributed by atoms with Gasteiger partial charge in [0.1, 0.15) is 23.3 Å². The number of aryl methyl sites for hydroxylation is 7. The number of para-hydroxylation sites is 4. The van der Waals surface area contributed by atoms with Crippen LogP contribution in [0.4, 0.5) is 0 Å². The van der Waals surface area contributed by atoms with E-state index in [2.05, 4.69) is 214 Å². The third kappa shape index (κ3) is 18.7. The van der Waals surface area contributed by atoms with Crippen molar-refractivity contribution in [2.75, 3.05) is 0 Å². The van der Waals surface area contributed by atoms with Crippen molar-refractivity contribution in [3.8, 4) is 68.3 Å². The summed E-state index contributed by atoms with van der Waals surface area (Å²) in [6.07, 6.45) is 8.01. The van der Waals surface area contributed by atoms with Crippen molar-refractivity contribution in [1.29, 1.82) is 0 Å². The van der Waals surface area contributed by atoms with E-state index >= 15 is 0 Å². The van der Waals surface area contributed by atoms with Crippen molar-refractivity contribution < 1.29 is 80.4 Å². The number of hydrogen-bond acceptors (Lipinski definition) is 12. The SMILES string of the molecule is CCCc1nnc(-c2[c-]cc(C)nc2CC)n1-c1ccccc1.CCc1ncc[c-]c1-c1nnc(CC(C)C)n1-c1ccccc1.Cc1c[c-]c(-c2nnc(C(C)C)n2-c2ccccc2)c(C)n1.Cc1ncc[c-]c1-c1nnc(C(C)C)n1-c1ccccc1.[Ir].[Ir].[Ir].[Ir]. The van der Waals surface area contributed by atoms with E-state index < -0.39 is 0 Å². The molecule has 0 aliphatic heterocycles. The van der Waals surface area contributed by atoms with Crippen molar-refractivity contribution >= 4 is 0 Å². The number of aromatic nitrogens is 16. The van der Waals surface area contributed by atoms with Gasteiger partial charge in [0.2, 0.25) is 0 Å². The van der Waals surface area contributed by atoms with Crippen molar-refractivity contribution in [3.05, 3.63) is 240 Å². The minimum absolute atomic E-state index is 0. The Morgan fingerprint density at radius 1 is 0.387 bits per heavy atom. The van der Waals surface area contributed by atoms with Crippen molar-refractivity contribution in [1.82, 2.24) is 79.0 Å². The first kappa shape index (κ1) is 76.4. The van der Waals surface area contributed by atoms with Gasteiger partial charge in [-0.05, 0) is 108 Å². The van der Waals surface area contributed by atoms with Crippen LogP contribution in [0, 0.1) is 57.9 Å². The zero-order valence-electron chi connectivity index (χ0n) is 54.8. The first-order valence-corrected chi connectivity index (χ1v) is 30.7. The Morgan fingerprint density at radius 3 is 1.19 bits per heavy atom. The molecule has 0 atom stereocenters. The first-order chi connectivity index (χ1) is 43.2. The predicted molar refractivity (Wildman–Crippen MR) is 352 cm³/mol. The molecule has 490 valence electrons. The molecule has 93 heavy (non-hydrogen) atoms. The molecule has 4 aromatic carbocycles. The van der Waals surface area contributed by atoms with Gasteiger partial charge in [0, 0.05) is 128 Å². The molecule has 0 spiro atoms. The third-order valence-corrected chi connectivity index (χ3v) is 14.5. The van der Waals surface area contributed by atoms with Gasteiger partial charge < -0.3 is 38.2 Å². The fourth-order valence-corrected chi connectivity index (χ4v) is 10.3. The van der Waals surface area contributed by atoms with E-state index in [-0.39, 0.29) is 92.3 Å². The molecule has 4 radical (unpaired) electrons. The molecule has 0 bridgehead atoms. The molecule has 0 N–H and O–H groups in total. The van der Waals surface area contributed by atoms with Gasteiger partial charge in [-0.15, -0.1) is 68.9 Å². The van der Waals surface area contributed by atoms with Crippen LogP contribution in [-0.4, -0.2) is 79.0 Å². The van der Waals surface area contributed by atoms with Crippen LogP contribution in [0.25, 0.3) is 68.3 Å². The molecule has 0 unspecified atom stereocenters. The van der Waals surface area contributed by atoms with Gasteiger partial charge in [0.05, 0.1) is 23.3 Å². The molecule has 0 fully saturated rings. The summed E-state index contributed by atoms with van der Waals surface area (Å²) in [5, 5.41) is 35.4. The van der Waals surface area contributed by atoms with E-state index in [1.165, 1.54) is 0 Å². The van der Waals surface area contributed by atoms with Crippen molar-refractivity contribution in [2.24, 2.45) is 5.92 Å². The minimum Gasteiger partial charge on any atom is -0.357 e. The summed E-state index contributed by atoms with van der Waals surface area (Å²) >= 11 is 0. The summed E-state index contributed by atoms with van der Waals surface area (Å²) < 4.78 is 8.45. The molecule has 0 saturated carbocycles. The average molecular weight is 1950 g/mol. The molecule has 16 nitrogen and oxygen atoms in total. The number of nitrogens with zero attached hydrogens (tertiary/aromatic N) is 16. The second kappa shape index (κ2) is 36.9. The molecule has 8 aromatic heterocycles. The zero-order valence-corrected chi connectivity index (χ0v) is 64.3. The van der Waals surface area contributed by atoms with Gasteiger partial charge in [-0.3, -0.25) is 0 Å². The van der Waals surface area contributed by atoms with Gasteiger partial charge in [-0.2, -0.15) is 20.4 Å². The normalized spacial score (nSPS) is 10.6. The minimum atomic E-state index is 0. The van der Waals surface area contributed by atoms with Gasteiger partial charge in [0.25, 0.3) is 0 Å². The molecule has 0 aliphatic rings. The van der Waals surface area contributed by atoms with E-state index in [1.54, 1.807) is 18.5 Å². The molecule has 12 aromatic rings. The van der Waals surface area contributed by atoms with Crippen LogP contribution in [0.2, 0.25) is 0 Å². The number of benzene rings is 4. The van der Waals surface area contributed by atoms with Gasteiger partial charge in [-0.25, -0.2) is 0 Å². The molecular formula is C73H78Ir4N16-4. The molecule has 0 saturated heterocycles. The maximum Gasteiger partial charge on any atom is 0.131 e. The van der Waals surface area contributed by atoms with E-state index in [0.717, 1.165) is 158 Å². The summed E-state index contributed by atoms with van der Waals surface area (Å²) in [6.45, 7) is 27.1. The summed E-state index contributed by atoms with van der Waals surface area (Å²) in [5.41, 5.74) is 13.7. The molecule has 12 rings (SSSR count). The summed E-state index contributed by atoms with van der Waals surface area (Å²) in [7, 11) is 0. The first-order valence-electron chi connectivity index (χ1n) is 30.7. The molecule has 0 amide bonds. The quantitative estimate of drug-likeness (QED) is 0.0839. The Hall–Kier alpha value is -7.36. The maximum absolute atomic E-state index is 4.65. The number of pyridine rings is 4. The van der Waals surface area contributed by atoms with E-state index in [4.69, 9.17) is 0 Å². The van der Waals surface area contributed by atoms with Crippen molar-refractivity contribution in [3.63, 3.8) is 0 Å². The van der Waals surface area contributed by atoms with Gasteiger partial charge >= 0.3 is 0 Å². The van der Waals surface area contributed by atoms with Crippen LogP contribution < -0.4 is 0 Å². The Labute approximate surface area is 602 Å². The topological polar surface area (TPSA) is 174 Å². The van der Waals surface area contributed by atoms with Crippen LogP contribution in [0.5, 0.6) is 0 Å². The number of hydrogen-bond donors (Lipinski definition) is 0. The second-order valence-corrected chi connectivity index (χ2v) is 22.5. The summed E-state index contributed by atoms with van der Waals surface area (Å²) in [4.78, 5) is 18.0. The Bertz CT molecular complexity index is 4200. The summed E-state index contributed by atoms with van der Waals surface area (Å²) in [6, 6.07) is 61.5. The summed E-state index contributed by atoms with van der Waals surface area (Å²) in [5.74, 6) is 8.12. The monoisotopic (exact) mass is 1950 g/mol. The van der Waals surface area contributed by atoms with E-state index in [0.29, 0.717) is 5.92 Å². The van der Waals surface area contributed by atoms with Crippen LogP contribution in [-0.2, 0) is 106 Å². The smallest absolute Gasteiger partial charge is 0.131 e.